The first kappa shape index (κ1) is 15.1. The van der Waals surface area contributed by atoms with Gasteiger partial charge in [0.2, 0.25) is 0 Å². The number of hydrogen-bond donors (Lipinski definition) is 3. The van der Waals surface area contributed by atoms with Gasteiger partial charge < -0.3 is 20.1 Å². The van der Waals surface area contributed by atoms with Crippen LogP contribution in [0.15, 0.2) is 12.1 Å². The zero-order valence-electron chi connectivity index (χ0n) is 10.9. The van der Waals surface area contributed by atoms with Crippen LogP contribution in [0.1, 0.15) is 40.1 Å². The standard InChI is InChI=1S/C13H16O6/c1-7-4-8(5-9(11(7)15)12(16)17)10(14)6-19-13(2,3)18/h4-5,15,18H,6H2,1-3H3,(H,16,17). The van der Waals surface area contributed by atoms with E-state index in [9.17, 15) is 19.8 Å². The van der Waals surface area contributed by atoms with Crippen molar-refractivity contribution in [2.24, 2.45) is 0 Å². The molecule has 0 aliphatic rings. The smallest absolute Gasteiger partial charge is 0.339 e. The predicted molar refractivity (Wildman–Crippen MR) is 66.4 cm³/mol. The molecule has 0 saturated heterocycles. The molecule has 1 aromatic rings. The van der Waals surface area contributed by atoms with Gasteiger partial charge in [-0.1, -0.05) is 0 Å². The van der Waals surface area contributed by atoms with Gasteiger partial charge >= 0.3 is 5.97 Å². The fourth-order valence-corrected chi connectivity index (χ4v) is 1.43. The molecule has 0 heterocycles. The number of aryl methyl sites for hydroxylation is 1. The second-order valence-corrected chi connectivity index (χ2v) is 4.65. The highest BCUT2D eigenvalue weighted by atomic mass is 16.6. The van der Waals surface area contributed by atoms with Crippen molar-refractivity contribution in [3.8, 4) is 5.75 Å². The van der Waals surface area contributed by atoms with Gasteiger partial charge in [0.25, 0.3) is 0 Å². The zero-order chi connectivity index (χ0) is 14.8. The summed E-state index contributed by atoms with van der Waals surface area (Å²) >= 11 is 0. The first-order chi connectivity index (χ1) is 8.61. The van der Waals surface area contributed by atoms with Crippen LogP contribution in [0.3, 0.4) is 0 Å². The summed E-state index contributed by atoms with van der Waals surface area (Å²) in [7, 11) is 0. The van der Waals surface area contributed by atoms with Gasteiger partial charge in [0.1, 0.15) is 17.9 Å². The molecule has 0 amide bonds. The number of ether oxygens (including phenoxy) is 1. The minimum absolute atomic E-state index is 0.108. The van der Waals surface area contributed by atoms with Crippen LogP contribution in [-0.4, -0.2) is 39.5 Å². The molecule has 0 radical (unpaired) electrons. The summed E-state index contributed by atoms with van der Waals surface area (Å²) in [5.41, 5.74) is 0.0510. The van der Waals surface area contributed by atoms with Crippen molar-refractivity contribution in [3.63, 3.8) is 0 Å². The molecule has 0 unspecified atom stereocenters. The van der Waals surface area contributed by atoms with E-state index in [0.29, 0.717) is 0 Å². The third-order valence-electron chi connectivity index (χ3n) is 2.41. The van der Waals surface area contributed by atoms with Gasteiger partial charge in [0, 0.05) is 5.56 Å². The number of rotatable bonds is 5. The number of aromatic carboxylic acids is 1. The second kappa shape index (κ2) is 5.38. The maximum Gasteiger partial charge on any atom is 0.339 e. The maximum absolute atomic E-state index is 11.8. The fourth-order valence-electron chi connectivity index (χ4n) is 1.43. The highest BCUT2D eigenvalue weighted by Gasteiger charge is 2.19. The SMILES string of the molecule is Cc1cc(C(=O)COC(C)(C)O)cc(C(=O)O)c1O. The molecule has 1 rings (SSSR count). The van der Waals surface area contributed by atoms with Crippen LogP contribution in [-0.2, 0) is 4.74 Å². The molecular weight excluding hydrogens is 252 g/mol. The molecule has 0 spiro atoms. The van der Waals surface area contributed by atoms with Gasteiger partial charge in [-0.25, -0.2) is 4.79 Å². The van der Waals surface area contributed by atoms with Crippen LogP contribution in [0.4, 0.5) is 0 Å². The van der Waals surface area contributed by atoms with E-state index in [-0.39, 0.29) is 29.0 Å². The van der Waals surface area contributed by atoms with Crippen molar-refractivity contribution < 1.29 is 29.6 Å². The Morgan fingerprint density at radius 1 is 1.32 bits per heavy atom. The number of phenols is 1. The minimum atomic E-state index is -1.45. The molecular formula is C13H16O6. The van der Waals surface area contributed by atoms with Crippen LogP contribution in [0.25, 0.3) is 0 Å². The normalized spacial score (nSPS) is 11.4. The van der Waals surface area contributed by atoms with E-state index >= 15 is 0 Å². The quantitative estimate of drug-likeness (QED) is 0.549. The van der Waals surface area contributed by atoms with E-state index in [1.807, 2.05) is 0 Å². The van der Waals surface area contributed by atoms with E-state index in [4.69, 9.17) is 9.84 Å². The van der Waals surface area contributed by atoms with Crippen LogP contribution >= 0.6 is 0 Å². The Morgan fingerprint density at radius 3 is 2.37 bits per heavy atom. The number of carbonyl (C=O) groups excluding carboxylic acids is 1. The molecule has 0 bridgehead atoms. The molecule has 0 atom stereocenters. The lowest BCUT2D eigenvalue weighted by Gasteiger charge is -2.17. The number of carboxylic acid groups (broad SMARTS) is 1. The van der Waals surface area contributed by atoms with Gasteiger partial charge in [0.05, 0.1) is 0 Å². The topological polar surface area (TPSA) is 104 Å². The molecule has 104 valence electrons. The fraction of sp³-hybridized carbons (Fsp3) is 0.385. The molecule has 6 heteroatoms. The highest BCUT2D eigenvalue weighted by Crippen LogP contribution is 2.24. The predicted octanol–water partition coefficient (Wildman–Crippen LogP) is 1.33. The third kappa shape index (κ3) is 4.04. The number of benzene rings is 1. The van der Waals surface area contributed by atoms with Crippen LogP contribution in [0, 0.1) is 6.92 Å². The summed E-state index contributed by atoms with van der Waals surface area (Å²) in [6.07, 6.45) is 0. The van der Waals surface area contributed by atoms with Crippen molar-refractivity contribution in [1.29, 1.82) is 0 Å². The molecule has 19 heavy (non-hydrogen) atoms. The van der Waals surface area contributed by atoms with Crippen molar-refractivity contribution in [2.45, 2.75) is 26.6 Å². The monoisotopic (exact) mass is 268 g/mol. The number of aliphatic hydroxyl groups is 1. The van der Waals surface area contributed by atoms with E-state index in [0.717, 1.165) is 6.07 Å². The van der Waals surface area contributed by atoms with Gasteiger partial charge in [-0.05, 0) is 38.5 Å². The number of carboxylic acids is 1. The first-order valence-electron chi connectivity index (χ1n) is 5.58. The molecule has 0 aliphatic carbocycles. The Bertz CT molecular complexity index is 513. The minimum Gasteiger partial charge on any atom is -0.507 e. The largest absolute Gasteiger partial charge is 0.507 e. The lowest BCUT2D eigenvalue weighted by atomic mass is 10.0. The van der Waals surface area contributed by atoms with Gasteiger partial charge in [-0.15, -0.1) is 0 Å². The summed E-state index contributed by atoms with van der Waals surface area (Å²) < 4.78 is 4.91. The molecule has 1 aromatic carbocycles. The van der Waals surface area contributed by atoms with Crippen molar-refractivity contribution in [1.82, 2.24) is 0 Å². The molecule has 0 aliphatic heterocycles. The lowest BCUT2D eigenvalue weighted by Crippen LogP contribution is -2.27. The maximum atomic E-state index is 11.8. The molecule has 0 aromatic heterocycles. The summed E-state index contributed by atoms with van der Waals surface area (Å²) in [6, 6.07) is 2.46. The summed E-state index contributed by atoms with van der Waals surface area (Å²) in [4.78, 5) is 22.7. The van der Waals surface area contributed by atoms with Gasteiger partial charge in [-0.3, -0.25) is 4.79 Å². The summed E-state index contributed by atoms with van der Waals surface area (Å²) in [5.74, 6) is -3.61. The molecule has 3 N–H and O–H groups in total. The molecule has 0 fully saturated rings. The number of carbonyl (C=O) groups is 2. The van der Waals surface area contributed by atoms with E-state index < -0.39 is 17.5 Å². The third-order valence-corrected chi connectivity index (χ3v) is 2.41. The number of ketones is 1. The number of aromatic hydroxyl groups is 1. The Labute approximate surface area is 110 Å². The zero-order valence-corrected chi connectivity index (χ0v) is 10.9. The van der Waals surface area contributed by atoms with Crippen molar-refractivity contribution in [3.05, 3.63) is 28.8 Å². The van der Waals surface area contributed by atoms with Crippen LogP contribution in [0.5, 0.6) is 5.75 Å². The highest BCUT2D eigenvalue weighted by molar-refractivity contribution is 6.01. The second-order valence-electron chi connectivity index (χ2n) is 4.65. The lowest BCUT2D eigenvalue weighted by molar-refractivity contribution is -0.167. The van der Waals surface area contributed by atoms with Crippen molar-refractivity contribution >= 4 is 11.8 Å². The number of Topliss-reactive ketones (excluding diaryl/α,β-unsaturated/α-hetero) is 1. The van der Waals surface area contributed by atoms with E-state index in [2.05, 4.69) is 0 Å². The average molecular weight is 268 g/mol. The summed E-state index contributed by atoms with van der Waals surface area (Å²) in [5, 5.41) is 27.8. The van der Waals surface area contributed by atoms with Crippen molar-refractivity contribution in [2.75, 3.05) is 6.61 Å². The van der Waals surface area contributed by atoms with Gasteiger partial charge in [0.15, 0.2) is 11.6 Å². The van der Waals surface area contributed by atoms with Crippen LogP contribution < -0.4 is 0 Å². The Kier molecular flexibility index (Phi) is 4.28. The molecule has 0 saturated carbocycles. The molecule has 6 nitrogen and oxygen atoms in total. The Balaban J connectivity index is 3.02. The first-order valence-corrected chi connectivity index (χ1v) is 5.58. The van der Waals surface area contributed by atoms with E-state index in [1.54, 1.807) is 0 Å². The summed E-state index contributed by atoms with van der Waals surface area (Å²) in [6.45, 7) is 3.87. The van der Waals surface area contributed by atoms with Gasteiger partial charge in [-0.2, -0.15) is 0 Å². The Morgan fingerprint density at radius 2 is 1.89 bits per heavy atom. The Hall–Kier alpha value is -1.92. The van der Waals surface area contributed by atoms with Crippen LogP contribution in [0.2, 0.25) is 0 Å². The van der Waals surface area contributed by atoms with E-state index in [1.165, 1.54) is 26.8 Å². The number of hydrogen-bond acceptors (Lipinski definition) is 5. The average Bonchev–Trinajstić information content (AvgIpc) is 2.28.